The topological polar surface area (TPSA) is 110 Å². The number of nitrogens with two attached hydrogens (primary N) is 2. The van der Waals surface area contributed by atoms with Gasteiger partial charge in [0, 0.05) is 51.0 Å². The van der Waals surface area contributed by atoms with Gasteiger partial charge in [-0.2, -0.15) is 9.37 Å². The smallest absolute Gasteiger partial charge is 0.230 e. The Labute approximate surface area is 160 Å². The second-order valence-corrected chi connectivity index (χ2v) is 7.61. The van der Waals surface area contributed by atoms with Crippen molar-refractivity contribution in [2.45, 2.75) is 39.0 Å². The van der Waals surface area contributed by atoms with Crippen LogP contribution >= 0.6 is 11.3 Å². The number of carbonyl (C=O) groups is 1. The van der Waals surface area contributed by atoms with Crippen molar-refractivity contribution in [2.24, 2.45) is 11.6 Å². The number of carbonyl (C=O) groups excluding carboxylic acids is 1. The van der Waals surface area contributed by atoms with Gasteiger partial charge < -0.3 is 15.8 Å². The highest BCUT2D eigenvalue weighted by atomic mass is 32.1. The molecule has 1 saturated heterocycles. The van der Waals surface area contributed by atoms with Crippen molar-refractivity contribution in [1.29, 1.82) is 0 Å². The Morgan fingerprint density at radius 3 is 3.07 bits per heavy atom. The molecule has 2 aliphatic rings. The lowest BCUT2D eigenvalue weighted by molar-refractivity contribution is -0.114. The zero-order chi connectivity index (χ0) is 19.6. The number of rotatable bonds is 5. The molecule has 8 nitrogen and oxygen atoms in total. The Morgan fingerprint density at radius 2 is 2.37 bits per heavy atom. The van der Waals surface area contributed by atoms with Crippen molar-refractivity contribution in [3.05, 3.63) is 46.8 Å². The van der Waals surface area contributed by atoms with Crippen LogP contribution in [0.5, 0.6) is 0 Å². The highest BCUT2D eigenvalue weighted by Gasteiger charge is 2.32. The summed E-state index contributed by atoms with van der Waals surface area (Å²) >= 11 is 1.15. The van der Waals surface area contributed by atoms with E-state index in [9.17, 15) is 9.18 Å². The molecule has 1 amide bonds. The van der Waals surface area contributed by atoms with Gasteiger partial charge in [0.1, 0.15) is 11.9 Å². The van der Waals surface area contributed by atoms with E-state index in [0.29, 0.717) is 29.4 Å². The Balaban J connectivity index is 1.61. The molecule has 1 aromatic heterocycles. The number of nitrogens with zero attached hydrogens (tertiary/aromatic N) is 3. The summed E-state index contributed by atoms with van der Waals surface area (Å²) in [6.07, 6.45) is 7.44. The lowest BCUT2D eigenvalue weighted by Crippen LogP contribution is -2.28. The molecule has 0 bridgehead atoms. The summed E-state index contributed by atoms with van der Waals surface area (Å²) < 4.78 is 20.1. The standard InChI is InChI=1S/C17H23FN6O2S/c1-10-5-14(26-13-3-4-24(20)12(6-13)7-19)8-23(10)9-15-16(18)22-17(27-15)21-11(2)25/h3-4,6-7,10,14H,5,8-9,19-20H2,1-2H3,(H,21,22,25)/b12-7-. The number of anilines is 1. The Morgan fingerprint density at radius 1 is 1.59 bits per heavy atom. The van der Waals surface area contributed by atoms with Crippen LogP contribution in [0.25, 0.3) is 0 Å². The van der Waals surface area contributed by atoms with Gasteiger partial charge in [-0.25, -0.2) is 5.84 Å². The number of thiazole rings is 1. The van der Waals surface area contributed by atoms with E-state index >= 15 is 0 Å². The number of hydrogen-bond acceptors (Lipinski definition) is 8. The molecule has 0 saturated carbocycles. The summed E-state index contributed by atoms with van der Waals surface area (Å²) in [4.78, 5) is 17.5. The quantitative estimate of drug-likeness (QED) is 0.651. The van der Waals surface area contributed by atoms with Gasteiger partial charge in [-0.3, -0.25) is 14.7 Å². The van der Waals surface area contributed by atoms with Gasteiger partial charge in [-0.1, -0.05) is 11.3 Å². The van der Waals surface area contributed by atoms with Crippen LogP contribution in [0, 0.1) is 5.95 Å². The largest absolute Gasteiger partial charge is 0.489 e. The first-order valence-electron chi connectivity index (χ1n) is 8.55. The lowest BCUT2D eigenvalue weighted by atomic mass is 10.2. The average Bonchev–Trinajstić information content (AvgIpc) is 3.11. The third-order valence-electron chi connectivity index (χ3n) is 4.41. The number of halogens is 1. The first-order valence-corrected chi connectivity index (χ1v) is 9.36. The zero-order valence-corrected chi connectivity index (χ0v) is 16.0. The number of nitrogens with one attached hydrogen (secondary N) is 1. The number of likely N-dealkylation sites (tertiary alicyclic amines) is 1. The summed E-state index contributed by atoms with van der Waals surface area (Å²) in [6.45, 7) is 4.53. The number of aromatic nitrogens is 1. The Hall–Kier alpha value is -2.43. The van der Waals surface area contributed by atoms with Gasteiger partial charge in [0.2, 0.25) is 11.9 Å². The molecule has 10 heteroatoms. The fraction of sp³-hybridized carbons (Fsp3) is 0.412. The van der Waals surface area contributed by atoms with E-state index in [1.54, 1.807) is 18.4 Å². The van der Waals surface area contributed by atoms with E-state index in [1.807, 2.05) is 0 Å². The fourth-order valence-corrected chi connectivity index (χ4v) is 3.99. The minimum absolute atomic E-state index is 0.0231. The van der Waals surface area contributed by atoms with E-state index in [2.05, 4.69) is 22.1 Å². The third kappa shape index (κ3) is 4.65. The monoisotopic (exact) mass is 394 g/mol. The summed E-state index contributed by atoms with van der Waals surface area (Å²) in [5.41, 5.74) is 6.19. The van der Waals surface area contributed by atoms with Crippen molar-refractivity contribution < 1.29 is 13.9 Å². The summed E-state index contributed by atoms with van der Waals surface area (Å²) in [5, 5.41) is 4.21. The van der Waals surface area contributed by atoms with Crippen molar-refractivity contribution in [1.82, 2.24) is 14.9 Å². The second-order valence-electron chi connectivity index (χ2n) is 6.53. The highest BCUT2D eigenvalue weighted by molar-refractivity contribution is 7.15. The average molecular weight is 394 g/mol. The van der Waals surface area contributed by atoms with Crippen molar-refractivity contribution >= 4 is 22.4 Å². The molecule has 2 unspecified atom stereocenters. The molecule has 3 rings (SSSR count). The Kier molecular flexibility index (Phi) is 5.78. The number of hydrazine groups is 1. The third-order valence-corrected chi connectivity index (χ3v) is 5.34. The Bertz CT molecular complexity index is 805. The zero-order valence-electron chi connectivity index (χ0n) is 15.2. The number of hydrogen-bond donors (Lipinski definition) is 3. The molecule has 0 spiro atoms. The molecular formula is C17H23FN6O2S. The molecular weight excluding hydrogens is 371 g/mol. The maximum Gasteiger partial charge on any atom is 0.230 e. The van der Waals surface area contributed by atoms with Crippen molar-refractivity contribution in [2.75, 3.05) is 11.9 Å². The summed E-state index contributed by atoms with van der Waals surface area (Å²) in [5.74, 6) is 5.63. The highest BCUT2D eigenvalue weighted by Crippen LogP contribution is 2.29. The number of ether oxygens (including phenoxy) is 1. The molecule has 3 heterocycles. The molecule has 2 atom stereocenters. The predicted octanol–water partition coefficient (Wildman–Crippen LogP) is 1.61. The summed E-state index contributed by atoms with van der Waals surface area (Å²) in [6, 6.07) is 0.226. The molecule has 1 fully saturated rings. The van der Waals surface area contributed by atoms with Crippen LogP contribution in [-0.4, -0.2) is 39.5 Å². The number of allylic oxidation sites excluding steroid dienone is 2. The van der Waals surface area contributed by atoms with Crippen LogP contribution < -0.4 is 16.9 Å². The maximum absolute atomic E-state index is 14.1. The molecule has 0 aliphatic carbocycles. The minimum atomic E-state index is -0.543. The summed E-state index contributed by atoms with van der Waals surface area (Å²) in [7, 11) is 0. The first kappa shape index (κ1) is 19.3. The molecule has 5 N–H and O–H groups in total. The minimum Gasteiger partial charge on any atom is -0.489 e. The molecule has 0 radical (unpaired) electrons. The second kappa shape index (κ2) is 8.07. The van der Waals surface area contributed by atoms with Crippen LogP contribution in [0.1, 0.15) is 25.1 Å². The van der Waals surface area contributed by atoms with E-state index in [-0.39, 0.29) is 23.2 Å². The van der Waals surface area contributed by atoms with E-state index in [4.69, 9.17) is 16.3 Å². The van der Waals surface area contributed by atoms with Gasteiger partial charge >= 0.3 is 0 Å². The first-order chi connectivity index (χ1) is 12.9. The SMILES string of the molecule is CC(=O)Nc1nc(F)c(CN2CC(OC3=C/C(=C/N)N(N)C=C3)CC2C)s1. The van der Waals surface area contributed by atoms with Crippen LogP contribution in [0.4, 0.5) is 9.52 Å². The van der Waals surface area contributed by atoms with Gasteiger partial charge in [-0.05, 0) is 13.0 Å². The van der Waals surface area contributed by atoms with E-state index < -0.39 is 5.95 Å². The van der Waals surface area contributed by atoms with Crippen LogP contribution in [0.15, 0.2) is 36.0 Å². The predicted molar refractivity (Wildman–Crippen MR) is 101 cm³/mol. The van der Waals surface area contributed by atoms with Gasteiger partial charge in [-0.15, -0.1) is 0 Å². The van der Waals surface area contributed by atoms with Crippen molar-refractivity contribution in [3.8, 4) is 0 Å². The fourth-order valence-electron chi connectivity index (χ4n) is 3.08. The van der Waals surface area contributed by atoms with E-state index in [0.717, 1.165) is 17.8 Å². The molecule has 146 valence electrons. The van der Waals surface area contributed by atoms with Crippen LogP contribution in [0.2, 0.25) is 0 Å². The normalized spacial score (nSPS) is 24.4. The molecule has 27 heavy (non-hydrogen) atoms. The molecule has 0 aromatic carbocycles. The lowest BCUT2D eigenvalue weighted by Gasteiger charge is -2.22. The van der Waals surface area contributed by atoms with Gasteiger partial charge in [0.25, 0.3) is 0 Å². The van der Waals surface area contributed by atoms with Crippen LogP contribution in [0.3, 0.4) is 0 Å². The molecule has 2 aliphatic heterocycles. The van der Waals surface area contributed by atoms with Gasteiger partial charge in [0.05, 0.1) is 10.6 Å². The van der Waals surface area contributed by atoms with Crippen molar-refractivity contribution in [3.63, 3.8) is 0 Å². The van der Waals surface area contributed by atoms with E-state index in [1.165, 1.54) is 18.1 Å². The van der Waals surface area contributed by atoms with Crippen LogP contribution in [-0.2, 0) is 16.1 Å². The number of amides is 1. The van der Waals surface area contributed by atoms with Gasteiger partial charge in [0.15, 0.2) is 5.13 Å². The molecule has 1 aromatic rings. The maximum atomic E-state index is 14.1.